The standard InChI is InChI=1S/C20H38O3Si/c1-14(2)18(23-24(8,9)19(3,4)5)16-17(22)15(11-13-21)10-12-20(16,6)7/h13-16,18H,10-12H2,1-9H3/t15-,16-,18+/m0/s1. The highest BCUT2D eigenvalue weighted by molar-refractivity contribution is 6.74. The summed E-state index contributed by atoms with van der Waals surface area (Å²) < 4.78 is 6.77. The molecule has 1 fully saturated rings. The van der Waals surface area contributed by atoms with Gasteiger partial charge < -0.3 is 9.22 Å². The largest absolute Gasteiger partial charge is 0.413 e. The van der Waals surface area contributed by atoms with E-state index in [4.69, 9.17) is 4.43 Å². The molecule has 0 spiro atoms. The quantitative estimate of drug-likeness (QED) is 0.484. The van der Waals surface area contributed by atoms with E-state index in [1.807, 2.05) is 0 Å². The highest BCUT2D eigenvalue weighted by atomic mass is 28.4. The molecule has 0 saturated heterocycles. The van der Waals surface area contributed by atoms with Crippen molar-refractivity contribution in [1.82, 2.24) is 0 Å². The number of aldehydes is 1. The molecule has 140 valence electrons. The summed E-state index contributed by atoms with van der Waals surface area (Å²) in [7, 11) is -1.97. The van der Waals surface area contributed by atoms with Gasteiger partial charge in [-0.2, -0.15) is 0 Å². The van der Waals surface area contributed by atoms with Crippen LogP contribution in [0, 0.1) is 23.2 Å². The lowest BCUT2D eigenvalue weighted by molar-refractivity contribution is -0.143. The maximum Gasteiger partial charge on any atom is 0.192 e. The number of carbonyl (C=O) groups excluding carboxylic acids is 2. The number of carbonyl (C=O) groups is 2. The fourth-order valence-corrected chi connectivity index (χ4v) is 4.99. The third-order valence-corrected chi connectivity index (χ3v) is 10.8. The molecule has 0 N–H and O–H groups in total. The Bertz CT molecular complexity index is 460. The van der Waals surface area contributed by atoms with Gasteiger partial charge in [-0.3, -0.25) is 4.79 Å². The van der Waals surface area contributed by atoms with Crippen molar-refractivity contribution in [3.8, 4) is 0 Å². The van der Waals surface area contributed by atoms with Crippen molar-refractivity contribution in [2.24, 2.45) is 23.2 Å². The van der Waals surface area contributed by atoms with Gasteiger partial charge in [-0.05, 0) is 42.3 Å². The van der Waals surface area contributed by atoms with Crippen molar-refractivity contribution < 1.29 is 14.0 Å². The molecule has 0 heterocycles. The Kier molecular flexibility index (Phi) is 6.65. The Morgan fingerprint density at radius 3 is 2.25 bits per heavy atom. The second kappa shape index (κ2) is 7.41. The zero-order chi connectivity index (χ0) is 18.9. The molecule has 1 aliphatic rings. The molecule has 24 heavy (non-hydrogen) atoms. The Balaban J connectivity index is 3.20. The number of rotatable bonds is 6. The molecule has 1 rings (SSSR count). The van der Waals surface area contributed by atoms with Crippen molar-refractivity contribution in [3.63, 3.8) is 0 Å². The first kappa shape index (κ1) is 21.6. The maximum absolute atomic E-state index is 13.2. The number of Topliss-reactive ketones (excluding diaryl/α,β-unsaturated/α-hetero) is 1. The molecule has 4 heteroatoms. The van der Waals surface area contributed by atoms with Gasteiger partial charge in [-0.25, -0.2) is 0 Å². The summed E-state index contributed by atoms with van der Waals surface area (Å²) in [6.45, 7) is 19.9. The molecule has 3 atom stereocenters. The minimum Gasteiger partial charge on any atom is -0.413 e. The number of hydrogen-bond acceptors (Lipinski definition) is 3. The Labute approximate surface area is 150 Å². The van der Waals surface area contributed by atoms with Crippen LogP contribution in [0.3, 0.4) is 0 Å². The van der Waals surface area contributed by atoms with Gasteiger partial charge in [0.25, 0.3) is 0 Å². The van der Waals surface area contributed by atoms with Crippen LogP contribution in [0.5, 0.6) is 0 Å². The Morgan fingerprint density at radius 2 is 1.83 bits per heavy atom. The maximum atomic E-state index is 13.2. The highest BCUT2D eigenvalue weighted by Gasteiger charge is 2.50. The second-order valence-corrected chi connectivity index (χ2v) is 14.8. The lowest BCUT2D eigenvalue weighted by atomic mass is 9.61. The van der Waals surface area contributed by atoms with E-state index < -0.39 is 8.32 Å². The van der Waals surface area contributed by atoms with Crippen LogP contribution in [-0.2, 0) is 14.0 Å². The topological polar surface area (TPSA) is 43.4 Å². The van der Waals surface area contributed by atoms with Crippen LogP contribution in [0.2, 0.25) is 18.1 Å². The zero-order valence-electron chi connectivity index (χ0n) is 17.2. The average molecular weight is 355 g/mol. The Hall–Kier alpha value is -0.483. The lowest BCUT2D eigenvalue weighted by Crippen LogP contribution is -2.54. The first-order valence-electron chi connectivity index (χ1n) is 9.40. The van der Waals surface area contributed by atoms with E-state index in [0.29, 0.717) is 6.42 Å². The van der Waals surface area contributed by atoms with Crippen molar-refractivity contribution in [2.45, 2.75) is 92.0 Å². The van der Waals surface area contributed by atoms with E-state index in [1.54, 1.807) is 0 Å². The monoisotopic (exact) mass is 354 g/mol. The zero-order valence-corrected chi connectivity index (χ0v) is 18.2. The van der Waals surface area contributed by atoms with Crippen LogP contribution in [0.1, 0.15) is 67.7 Å². The fourth-order valence-electron chi connectivity index (χ4n) is 3.55. The summed E-state index contributed by atoms with van der Waals surface area (Å²) in [6.07, 6.45) is 2.99. The van der Waals surface area contributed by atoms with Crippen molar-refractivity contribution in [1.29, 1.82) is 0 Å². The van der Waals surface area contributed by atoms with E-state index in [2.05, 4.69) is 61.6 Å². The third-order valence-electron chi connectivity index (χ3n) is 6.29. The first-order chi connectivity index (χ1) is 10.7. The molecule has 0 amide bonds. The van der Waals surface area contributed by atoms with Gasteiger partial charge in [-0.15, -0.1) is 0 Å². The van der Waals surface area contributed by atoms with Gasteiger partial charge >= 0.3 is 0 Å². The fraction of sp³-hybridized carbons (Fsp3) is 0.900. The van der Waals surface area contributed by atoms with Crippen molar-refractivity contribution >= 4 is 20.4 Å². The van der Waals surface area contributed by atoms with Gasteiger partial charge in [0.15, 0.2) is 8.32 Å². The molecule has 0 aromatic heterocycles. The molecule has 0 aliphatic heterocycles. The van der Waals surface area contributed by atoms with Gasteiger partial charge in [0, 0.05) is 18.3 Å². The smallest absolute Gasteiger partial charge is 0.192 e. The Morgan fingerprint density at radius 1 is 1.29 bits per heavy atom. The summed E-state index contributed by atoms with van der Waals surface area (Å²) in [5.74, 6) is 0.285. The molecular formula is C20H38O3Si. The summed E-state index contributed by atoms with van der Waals surface area (Å²) >= 11 is 0. The summed E-state index contributed by atoms with van der Waals surface area (Å²) in [5, 5.41) is 0.115. The normalized spacial score (nSPS) is 26.5. The predicted octanol–water partition coefficient (Wildman–Crippen LogP) is 5.24. The van der Waals surface area contributed by atoms with E-state index in [9.17, 15) is 9.59 Å². The molecule has 0 radical (unpaired) electrons. The van der Waals surface area contributed by atoms with Crippen LogP contribution in [-0.4, -0.2) is 26.5 Å². The van der Waals surface area contributed by atoms with E-state index >= 15 is 0 Å². The predicted molar refractivity (Wildman–Crippen MR) is 103 cm³/mol. The molecule has 3 nitrogen and oxygen atoms in total. The van der Waals surface area contributed by atoms with Gasteiger partial charge in [-0.1, -0.05) is 48.5 Å². The first-order valence-corrected chi connectivity index (χ1v) is 12.3. The minimum atomic E-state index is -1.97. The molecule has 0 bridgehead atoms. The van der Waals surface area contributed by atoms with Crippen LogP contribution >= 0.6 is 0 Å². The summed E-state index contributed by atoms with van der Waals surface area (Å²) in [5.41, 5.74) is -0.0756. The number of ketones is 1. The highest BCUT2D eigenvalue weighted by Crippen LogP contribution is 2.48. The number of hydrogen-bond donors (Lipinski definition) is 0. The molecule has 0 unspecified atom stereocenters. The van der Waals surface area contributed by atoms with Gasteiger partial charge in [0.05, 0.1) is 6.10 Å². The van der Waals surface area contributed by atoms with Gasteiger partial charge in [0.1, 0.15) is 12.1 Å². The summed E-state index contributed by atoms with van der Waals surface area (Å²) in [6, 6.07) is 0. The molecule has 1 aliphatic carbocycles. The third kappa shape index (κ3) is 4.57. The molecular weight excluding hydrogens is 316 g/mol. The van der Waals surface area contributed by atoms with Crippen molar-refractivity contribution in [3.05, 3.63) is 0 Å². The van der Waals surface area contributed by atoms with Gasteiger partial charge in [0.2, 0.25) is 0 Å². The second-order valence-electron chi connectivity index (χ2n) is 10.1. The van der Waals surface area contributed by atoms with Crippen molar-refractivity contribution in [2.75, 3.05) is 0 Å². The molecule has 1 saturated carbocycles. The van der Waals surface area contributed by atoms with E-state index in [0.717, 1.165) is 19.1 Å². The lowest BCUT2D eigenvalue weighted by Gasteiger charge is -2.49. The average Bonchev–Trinajstić information content (AvgIpc) is 2.39. The summed E-state index contributed by atoms with van der Waals surface area (Å²) in [4.78, 5) is 24.2. The van der Waals surface area contributed by atoms with E-state index in [-0.39, 0.29) is 40.1 Å². The van der Waals surface area contributed by atoms with Crippen LogP contribution in [0.15, 0.2) is 0 Å². The van der Waals surface area contributed by atoms with Crippen LogP contribution in [0.25, 0.3) is 0 Å². The van der Waals surface area contributed by atoms with Crippen LogP contribution < -0.4 is 0 Å². The minimum absolute atomic E-state index is 0.0668. The SMILES string of the molecule is CC(C)[C@@H](O[Si](C)(C)C(C)(C)C)[C@@H]1C(=O)[C@H](CC=O)CCC1(C)C. The molecule has 0 aromatic carbocycles. The molecule has 0 aromatic rings. The van der Waals surface area contributed by atoms with E-state index in [1.165, 1.54) is 0 Å². The van der Waals surface area contributed by atoms with Crippen LogP contribution in [0.4, 0.5) is 0 Å².